The first-order valence-corrected chi connectivity index (χ1v) is 7.29. The van der Waals surface area contributed by atoms with Crippen LogP contribution in [-0.4, -0.2) is 0 Å². The van der Waals surface area contributed by atoms with Gasteiger partial charge in [0, 0.05) is 10.9 Å². The second-order valence-corrected chi connectivity index (χ2v) is 7.00. The lowest BCUT2D eigenvalue weighted by Crippen LogP contribution is -2.12. The van der Waals surface area contributed by atoms with Gasteiger partial charge in [-0.25, -0.2) is 0 Å². The molecule has 84 valence electrons. The molecule has 1 nitrogen and oxygen atoms in total. The van der Waals surface area contributed by atoms with E-state index < -0.39 is 0 Å². The minimum Gasteiger partial charge on any atom is -0.323 e. The predicted molar refractivity (Wildman–Crippen MR) is 70.3 cm³/mol. The first kappa shape index (κ1) is 11.6. The lowest BCUT2D eigenvalue weighted by molar-refractivity contribution is 0.454. The van der Waals surface area contributed by atoms with Gasteiger partial charge in [-0.15, -0.1) is 11.3 Å². The van der Waals surface area contributed by atoms with Crippen molar-refractivity contribution in [3.05, 3.63) is 20.3 Å². The largest absolute Gasteiger partial charge is 0.323 e. The predicted octanol–water partition coefficient (Wildman–Crippen LogP) is 4.40. The maximum atomic E-state index is 6.25. The summed E-state index contributed by atoms with van der Waals surface area (Å²) in [5.41, 5.74) is 7.56. The summed E-state index contributed by atoms with van der Waals surface area (Å²) in [5, 5.41) is 0. The number of nitrogens with two attached hydrogens (primary N) is 1. The molecule has 1 heterocycles. The van der Waals surface area contributed by atoms with Crippen LogP contribution in [0, 0.1) is 12.8 Å². The average molecular weight is 288 g/mol. The average Bonchev–Trinajstić information content (AvgIpc) is 2.78. The Morgan fingerprint density at radius 1 is 1.53 bits per heavy atom. The molecular weight excluding hydrogens is 270 g/mol. The summed E-state index contributed by atoms with van der Waals surface area (Å²) in [6, 6.07) is 2.48. The Morgan fingerprint density at radius 3 is 2.73 bits per heavy atom. The molecule has 2 N–H and O–H groups in total. The van der Waals surface area contributed by atoms with Crippen molar-refractivity contribution in [1.29, 1.82) is 0 Å². The van der Waals surface area contributed by atoms with Crippen LogP contribution in [0.3, 0.4) is 0 Å². The first-order chi connectivity index (χ1) is 7.16. The fraction of sp³-hybridized carbons (Fsp3) is 0.667. The van der Waals surface area contributed by atoms with Crippen molar-refractivity contribution in [2.45, 2.75) is 45.1 Å². The van der Waals surface area contributed by atoms with Crippen molar-refractivity contribution < 1.29 is 0 Å². The Bertz CT molecular complexity index is 309. The lowest BCUT2D eigenvalue weighted by atomic mass is 9.98. The van der Waals surface area contributed by atoms with Gasteiger partial charge in [0.25, 0.3) is 0 Å². The third-order valence-electron chi connectivity index (χ3n) is 3.30. The number of hydrogen-bond acceptors (Lipinski definition) is 2. The first-order valence-electron chi connectivity index (χ1n) is 5.68. The van der Waals surface area contributed by atoms with Crippen molar-refractivity contribution in [1.82, 2.24) is 0 Å². The standard InChI is InChI=1S/C12H18BrNS/c1-8-6-11(15-12(8)13)10(14)7-9-4-2-3-5-9/h6,9-10H,2-5,7,14H2,1H3. The van der Waals surface area contributed by atoms with Crippen LogP contribution in [0.5, 0.6) is 0 Å². The van der Waals surface area contributed by atoms with Gasteiger partial charge in [-0.3, -0.25) is 0 Å². The van der Waals surface area contributed by atoms with E-state index in [-0.39, 0.29) is 6.04 Å². The SMILES string of the molecule is Cc1cc(C(N)CC2CCCC2)sc1Br. The smallest absolute Gasteiger partial charge is 0.0731 e. The Hall–Kier alpha value is 0.140. The van der Waals surface area contributed by atoms with Gasteiger partial charge in [0.15, 0.2) is 0 Å². The van der Waals surface area contributed by atoms with Gasteiger partial charge in [0.1, 0.15) is 0 Å². The summed E-state index contributed by atoms with van der Waals surface area (Å²) in [5.74, 6) is 0.876. The van der Waals surface area contributed by atoms with E-state index in [2.05, 4.69) is 28.9 Å². The van der Waals surface area contributed by atoms with Crippen LogP contribution in [0.1, 0.15) is 48.6 Å². The van der Waals surface area contributed by atoms with E-state index in [9.17, 15) is 0 Å². The summed E-state index contributed by atoms with van der Waals surface area (Å²) in [6.45, 7) is 2.13. The molecule has 1 aliphatic rings. The molecule has 1 aromatic rings. The molecule has 3 heteroatoms. The fourth-order valence-corrected chi connectivity index (χ4v) is 3.97. The van der Waals surface area contributed by atoms with E-state index in [1.165, 1.54) is 46.3 Å². The summed E-state index contributed by atoms with van der Waals surface area (Å²) in [7, 11) is 0. The highest BCUT2D eigenvalue weighted by atomic mass is 79.9. The molecule has 1 atom stereocenters. The number of aryl methyl sites for hydroxylation is 1. The molecule has 0 spiro atoms. The number of thiophene rings is 1. The van der Waals surface area contributed by atoms with Gasteiger partial charge < -0.3 is 5.73 Å². The van der Waals surface area contributed by atoms with Gasteiger partial charge in [0.05, 0.1) is 3.79 Å². The van der Waals surface area contributed by atoms with Gasteiger partial charge in [-0.2, -0.15) is 0 Å². The molecule has 1 aromatic heterocycles. The van der Waals surface area contributed by atoms with E-state index in [1.54, 1.807) is 11.3 Å². The molecule has 1 fully saturated rings. The Balaban J connectivity index is 1.97. The molecule has 1 aliphatic carbocycles. The molecule has 0 amide bonds. The fourth-order valence-electron chi connectivity index (χ4n) is 2.39. The van der Waals surface area contributed by atoms with Crippen molar-refractivity contribution in [3.63, 3.8) is 0 Å². The minimum atomic E-state index is 0.253. The molecule has 1 unspecified atom stereocenters. The van der Waals surface area contributed by atoms with Crippen LogP contribution in [0.25, 0.3) is 0 Å². The summed E-state index contributed by atoms with van der Waals surface area (Å²) < 4.78 is 1.24. The third-order valence-corrected chi connectivity index (χ3v) is 5.57. The topological polar surface area (TPSA) is 26.0 Å². The molecule has 0 radical (unpaired) electrons. The van der Waals surface area contributed by atoms with Crippen LogP contribution >= 0.6 is 27.3 Å². The quantitative estimate of drug-likeness (QED) is 0.876. The zero-order valence-electron chi connectivity index (χ0n) is 9.13. The normalized spacial score (nSPS) is 19.7. The minimum absolute atomic E-state index is 0.253. The van der Waals surface area contributed by atoms with Crippen molar-refractivity contribution in [2.24, 2.45) is 11.7 Å². The molecule has 0 bridgehead atoms. The summed E-state index contributed by atoms with van der Waals surface area (Å²) >= 11 is 5.36. The van der Waals surface area contributed by atoms with Crippen LogP contribution in [-0.2, 0) is 0 Å². The van der Waals surface area contributed by atoms with Gasteiger partial charge in [-0.05, 0) is 46.8 Å². The molecule has 0 aromatic carbocycles. The monoisotopic (exact) mass is 287 g/mol. The van der Waals surface area contributed by atoms with Crippen LogP contribution in [0.4, 0.5) is 0 Å². The van der Waals surface area contributed by atoms with E-state index >= 15 is 0 Å². The highest BCUT2D eigenvalue weighted by Gasteiger charge is 2.20. The van der Waals surface area contributed by atoms with Crippen molar-refractivity contribution >= 4 is 27.3 Å². The second-order valence-electron chi connectivity index (χ2n) is 4.60. The molecule has 1 saturated carbocycles. The van der Waals surface area contributed by atoms with Crippen LogP contribution in [0.15, 0.2) is 9.85 Å². The van der Waals surface area contributed by atoms with Crippen LogP contribution in [0.2, 0.25) is 0 Å². The molecule has 15 heavy (non-hydrogen) atoms. The van der Waals surface area contributed by atoms with E-state index in [1.807, 2.05) is 0 Å². The maximum absolute atomic E-state index is 6.25. The summed E-state index contributed by atoms with van der Waals surface area (Å²) in [4.78, 5) is 1.34. The Labute approximate surface area is 104 Å². The van der Waals surface area contributed by atoms with Crippen LogP contribution < -0.4 is 5.73 Å². The lowest BCUT2D eigenvalue weighted by Gasteiger charge is -2.14. The number of halogens is 1. The maximum Gasteiger partial charge on any atom is 0.0731 e. The Kier molecular flexibility index (Phi) is 3.86. The molecule has 0 aliphatic heterocycles. The van der Waals surface area contributed by atoms with E-state index in [0.29, 0.717) is 0 Å². The number of rotatable bonds is 3. The highest BCUT2D eigenvalue weighted by Crippen LogP contribution is 2.36. The highest BCUT2D eigenvalue weighted by molar-refractivity contribution is 9.11. The van der Waals surface area contributed by atoms with E-state index in [4.69, 9.17) is 5.73 Å². The van der Waals surface area contributed by atoms with Gasteiger partial charge >= 0.3 is 0 Å². The number of hydrogen-bond donors (Lipinski definition) is 1. The zero-order chi connectivity index (χ0) is 10.8. The van der Waals surface area contributed by atoms with E-state index in [0.717, 1.165) is 5.92 Å². The van der Waals surface area contributed by atoms with Gasteiger partial charge in [0.2, 0.25) is 0 Å². The zero-order valence-corrected chi connectivity index (χ0v) is 11.5. The second kappa shape index (κ2) is 4.98. The molecule has 2 rings (SSSR count). The summed E-state index contributed by atoms with van der Waals surface area (Å²) in [6.07, 6.45) is 6.76. The van der Waals surface area contributed by atoms with Crippen molar-refractivity contribution in [2.75, 3.05) is 0 Å². The Morgan fingerprint density at radius 2 is 2.20 bits per heavy atom. The van der Waals surface area contributed by atoms with Gasteiger partial charge in [-0.1, -0.05) is 25.7 Å². The third kappa shape index (κ3) is 2.83. The molecular formula is C12H18BrNS. The molecule has 0 saturated heterocycles. The van der Waals surface area contributed by atoms with Crippen molar-refractivity contribution in [3.8, 4) is 0 Å².